The van der Waals surface area contributed by atoms with Gasteiger partial charge in [0.25, 0.3) is 0 Å². The Hall–Kier alpha value is -2.24. The molecule has 1 aromatic heterocycles. The summed E-state index contributed by atoms with van der Waals surface area (Å²) >= 11 is 0. The molecule has 0 aliphatic carbocycles. The fourth-order valence-electron chi connectivity index (χ4n) is 1.93. The first-order chi connectivity index (χ1) is 7.77. The smallest absolute Gasteiger partial charge is 0.240 e. The van der Waals surface area contributed by atoms with Gasteiger partial charge < -0.3 is 16.3 Å². The summed E-state index contributed by atoms with van der Waals surface area (Å²) in [5.41, 5.74) is 6.62. The topological polar surface area (TPSA) is 92.0 Å². The molecule has 6 heteroatoms. The summed E-state index contributed by atoms with van der Waals surface area (Å²) < 4.78 is 6.85. The first kappa shape index (κ1) is 9.02. The highest BCUT2D eigenvalue weighted by atomic mass is 16.5. The predicted molar refractivity (Wildman–Crippen MR) is 58.4 cm³/mol. The van der Waals surface area contributed by atoms with E-state index in [2.05, 4.69) is 10.2 Å². The van der Waals surface area contributed by atoms with Gasteiger partial charge in [0.05, 0.1) is 5.92 Å². The average molecular weight is 217 g/mol. The van der Waals surface area contributed by atoms with Gasteiger partial charge in [-0.3, -0.25) is 0 Å². The molecular weight excluding hydrogens is 206 g/mol. The van der Waals surface area contributed by atoms with Crippen molar-refractivity contribution in [3.05, 3.63) is 35.7 Å². The van der Waals surface area contributed by atoms with E-state index in [-0.39, 0.29) is 11.9 Å². The summed E-state index contributed by atoms with van der Waals surface area (Å²) in [6, 6.07) is 7.82. The van der Waals surface area contributed by atoms with Crippen molar-refractivity contribution in [2.75, 3.05) is 18.2 Å². The summed E-state index contributed by atoms with van der Waals surface area (Å²) in [6.45, 7) is 0.523. The Morgan fingerprint density at radius 2 is 2.12 bits per heavy atom. The van der Waals surface area contributed by atoms with Gasteiger partial charge in [-0.2, -0.15) is 0 Å². The number of fused-ring (bicyclic) bond motifs is 1. The van der Waals surface area contributed by atoms with Crippen LogP contribution in [-0.2, 0) is 0 Å². The number of nitrogens with zero attached hydrogens (tertiary/aromatic N) is 3. The Kier molecular flexibility index (Phi) is 1.76. The molecule has 6 nitrogen and oxygen atoms in total. The minimum Gasteiger partial charge on any atom is -0.492 e. The number of nitrogens with two attached hydrogens (primary N) is 2. The van der Waals surface area contributed by atoms with E-state index in [4.69, 9.17) is 16.3 Å². The summed E-state index contributed by atoms with van der Waals surface area (Å²) in [5.74, 6) is 7.46. The molecule has 82 valence electrons. The summed E-state index contributed by atoms with van der Waals surface area (Å²) in [6.07, 6.45) is 0. The molecule has 4 N–H and O–H groups in total. The second-order valence-electron chi connectivity index (χ2n) is 3.69. The number of nitrogen functional groups attached to an aromatic ring is 2. The fourth-order valence-corrected chi connectivity index (χ4v) is 1.93. The maximum absolute atomic E-state index is 5.75. The lowest BCUT2D eigenvalue weighted by molar-refractivity contribution is 0.338. The molecule has 0 saturated heterocycles. The van der Waals surface area contributed by atoms with Crippen molar-refractivity contribution in [3.8, 4) is 5.75 Å². The number of benzene rings is 1. The van der Waals surface area contributed by atoms with Crippen LogP contribution in [-0.4, -0.2) is 21.5 Å². The van der Waals surface area contributed by atoms with Crippen molar-refractivity contribution < 1.29 is 4.74 Å². The Labute approximate surface area is 91.8 Å². The highest BCUT2D eigenvalue weighted by Gasteiger charge is 2.29. The van der Waals surface area contributed by atoms with Crippen LogP contribution in [0, 0.1) is 0 Å². The lowest BCUT2D eigenvalue weighted by atomic mass is 10.0. The zero-order valence-electron chi connectivity index (χ0n) is 8.50. The molecule has 1 aliphatic rings. The maximum Gasteiger partial charge on any atom is 0.240 e. The fraction of sp³-hybridized carbons (Fsp3) is 0.200. The van der Waals surface area contributed by atoms with Crippen molar-refractivity contribution in [1.29, 1.82) is 0 Å². The zero-order chi connectivity index (χ0) is 11.1. The van der Waals surface area contributed by atoms with Crippen molar-refractivity contribution in [2.24, 2.45) is 0 Å². The second kappa shape index (κ2) is 3.13. The van der Waals surface area contributed by atoms with Gasteiger partial charge >= 0.3 is 0 Å². The molecule has 0 bridgehead atoms. The van der Waals surface area contributed by atoms with Crippen LogP contribution in [0.25, 0.3) is 0 Å². The summed E-state index contributed by atoms with van der Waals surface area (Å²) in [5, 5.41) is 7.72. The molecule has 0 spiro atoms. The van der Waals surface area contributed by atoms with Gasteiger partial charge in [-0.25, -0.2) is 4.68 Å². The van der Waals surface area contributed by atoms with E-state index in [1.165, 1.54) is 4.68 Å². The number of ether oxygens (including phenoxy) is 1. The van der Waals surface area contributed by atoms with E-state index in [1.54, 1.807) is 0 Å². The zero-order valence-corrected chi connectivity index (χ0v) is 8.50. The van der Waals surface area contributed by atoms with Crippen LogP contribution in [0.1, 0.15) is 17.3 Å². The SMILES string of the molecule is Nc1nnc(C2COc3ccccc32)n1N. The molecule has 0 radical (unpaired) electrons. The average Bonchev–Trinajstić information content (AvgIpc) is 2.85. The van der Waals surface area contributed by atoms with Crippen molar-refractivity contribution >= 4 is 5.95 Å². The van der Waals surface area contributed by atoms with Crippen LogP contribution in [0.2, 0.25) is 0 Å². The molecule has 1 aliphatic heterocycles. The molecular formula is C10H11N5O. The molecule has 1 aromatic carbocycles. The van der Waals surface area contributed by atoms with Crippen LogP contribution in [0.4, 0.5) is 5.95 Å². The Balaban J connectivity index is 2.08. The molecule has 2 heterocycles. The largest absolute Gasteiger partial charge is 0.492 e. The Morgan fingerprint density at radius 3 is 2.88 bits per heavy atom. The highest BCUT2D eigenvalue weighted by molar-refractivity contribution is 5.43. The molecule has 2 aromatic rings. The number of para-hydroxylation sites is 1. The van der Waals surface area contributed by atoms with E-state index in [0.717, 1.165) is 11.3 Å². The van der Waals surface area contributed by atoms with E-state index in [9.17, 15) is 0 Å². The standard InChI is InChI=1S/C10H11N5O/c11-10-14-13-9(15(10)12)7-5-16-8-4-2-1-3-6(7)8/h1-4,7H,5,12H2,(H2,11,14). The minimum absolute atomic E-state index is 0.00556. The van der Waals surface area contributed by atoms with Crippen LogP contribution >= 0.6 is 0 Å². The number of anilines is 1. The van der Waals surface area contributed by atoms with Gasteiger partial charge in [-0.15, -0.1) is 10.2 Å². The van der Waals surface area contributed by atoms with E-state index >= 15 is 0 Å². The Bertz CT molecular complexity index is 536. The van der Waals surface area contributed by atoms with Crippen LogP contribution in [0.3, 0.4) is 0 Å². The molecule has 3 rings (SSSR count). The first-order valence-corrected chi connectivity index (χ1v) is 4.95. The minimum atomic E-state index is 0.00556. The van der Waals surface area contributed by atoms with E-state index in [0.29, 0.717) is 12.4 Å². The normalized spacial score (nSPS) is 18.1. The number of hydrogen-bond donors (Lipinski definition) is 2. The number of aromatic nitrogens is 3. The quantitative estimate of drug-likeness (QED) is 0.661. The van der Waals surface area contributed by atoms with Gasteiger partial charge in [0, 0.05) is 5.56 Å². The summed E-state index contributed by atoms with van der Waals surface area (Å²) in [4.78, 5) is 0. The lowest BCUT2D eigenvalue weighted by Gasteiger charge is -2.07. The monoisotopic (exact) mass is 217 g/mol. The third-order valence-corrected chi connectivity index (χ3v) is 2.76. The summed E-state index contributed by atoms with van der Waals surface area (Å²) in [7, 11) is 0. The maximum atomic E-state index is 5.75. The van der Waals surface area contributed by atoms with Gasteiger partial charge in [0.2, 0.25) is 5.95 Å². The number of hydrogen-bond acceptors (Lipinski definition) is 5. The van der Waals surface area contributed by atoms with Crippen molar-refractivity contribution in [2.45, 2.75) is 5.92 Å². The molecule has 1 atom stereocenters. The molecule has 0 saturated carbocycles. The third-order valence-electron chi connectivity index (χ3n) is 2.76. The van der Waals surface area contributed by atoms with Crippen molar-refractivity contribution in [1.82, 2.24) is 14.9 Å². The van der Waals surface area contributed by atoms with Crippen LogP contribution in [0.5, 0.6) is 5.75 Å². The molecule has 16 heavy (non-hydrogen) atoms. The lowest BCUT2D eigenvalue weighted by Crippen LogP contribution is -2.19. The number of rotatable bonds is 1. The van der Waals surface area contributed by atoms with Gasteiger partial charge in [-0.05, 0) is 6.07 Å². The van der Waals surface area contributed by atoms with E-state index in [1.807, 2.05) is 24.3 Å². The molecule has 0 fully saturated rings. The molecule has 0 amide bonds. The van der Waals surface area contributed by atoms with E-state index < -0.39 is 0 Å². The first-order valence-electron chi connectivity index (χ1n) is 4.95. The highest BCUT2D eigenvalue weighted by Crippen LogP contribution is 2.36. The van der Waals surface area contributed by atoms with Crippen molar-refractivity contribution in [3.63, 3.8) is 0 Å². The van der Waals surface area contributed by atoms with Gasteiger partial charge in [0.15, 0.2) is 5.82 Å². The van der Waals surface area contributed by atoms with Gasteiger partial charge in [-0.1, -0.05) is 18.2 Å². The Morgan fingerprint density at radius 1 is 1.31 bits per heavy atom. The van der Waals surface area contributed by atoms with Crippen LogP contribution < -0.4 is 16.3 Å². The van der Waals surface area contributed by atoms with Gasteiger partial charge in [0.1, 0.15) is 12.4 Å². The molecule has 1 unspecified atom stereocenters. The predicted octanol–water partition coefficient (Wildman–Crippen LogP) is 0.0984. The second-order valence-corrected chi connectivity index (χ2v) is 3.69. The van der Waals surface area contributed by atoms with Crippen LogP contribution in [0.15, 0.2) is 24.3 Å². The third kappa shape index (κ3) is 1.13.